The second-order valence-electron chi connectivity index (χ2n) is 7.10. The van der Waals surface area contributed by atoms with Crippen LogP contribution >= 0.6 is 11.8 Å². The number of primary amides is 1. The number of fused-ring (bicyclic) bond motifs is 1. The smallest absolute Gasteiger partial charge is 0.404 e. The van der Waals surface area contributed by atoms with Gasteiger partial charge >= 0.3 is 18.0 Å². The van der Waals surface area contributed by atoms with Crippen LogP contribution in [0.2, 0.25) is 0 Å². The Hall–Kier alpha value is -4.01. The van der Waals surface area contributed by atoms with Gasteiger partial charge in [-0.2, -0.15) is 0 Å². The van der Waals surface area contributed by atoms with Gasteiger partial charge in [0.1, 0.15) is 30.8 Å². The molecule has 188 valence electrons. The van der Waals surface area contributed by atoms with E-state index < -0.39 is 47.6 Å². The zero-order chi connectivity index (χ0) is 25.7. The monoisotopic (exact) mass is 510 g/mol. The molecule has 35 heavy (non-hydrogen) atoms. The summed E-state index contributed by atoms with van der Waals surface area (Å²) in [5, 5.41) is 5.53. The zero-order valence-corrected chi connectivity index (χ0v) is 19.7. The maximum atomic E-state index is 13.0. The number of ether oxygens (including phenoxy) is 3. The summed E-state index contributed by atoms with van der Waals surface area (Å²) in [4.78, 5) is 66.7. The van der Waals surface area contributed by atoms with Gasteiger partial charge in [0.2, 0.25) is 12.0 Å². The third kappa shape index (κ3) is 5.74. The zero-order valence-electron chi connectivity index (χ0n) is 18.8. The van der Waals surface area contributed by atoms with Crippen molar-refractivity contribution in [3.8, 4) is 0 Å². The van der Waals surface area contributed by atoms with Gasteiger partial charge in [-0.05, 0) is 12.1 Å². The van der Waals surface area contributed by atoms with E-state index in [0.29, 0.717) is 0 Å². The fourth-order valence-electron chi connectivity index (χ4n) is 3.32. The summed E-state index contributed by atoms with van der Waals surface area (Å²) in [5.41, 5.74) is 4.89. The lowest BCUT2D eigenvalue weighted by Crippen LogP contribution is -2.71. The first-order chi connectivity index (χ1) is 16.6. The number of hydrogen-bond acceptors (Lipinski definition) is 12. The van der Waals surface area contributed by atoms with Crippen molar-refractivity contribution in [1.29, 1.82) is 0 Å². The van der Waals surface area contributed by atoms with Gasteiger partial charge in [-0.3, -0.25) is 19.3 Å². The van der Waals surface area contributed by atoms with E-state index >= 15 is 0 Å². The van der Waals surface area contributed by atoms with E-state index in [9.17, 15) is 24.0 Å². The number of carbonyl (C=O) groups is 5. The van der Waals surface area contributed by atoms with Crippen LogP contribution in [0, 0.1) is 0 Å². The topological polar surface area (TPSA) is 189 Å². The minimum absolute atomic E-state index is 0.124. The average Bonchev–Trinajstić information content (AvgIpc) is 3.32. The van der Waals surface area contributed by atoms with E-state index in [1.165, 1.54) is 38.1 Å². The number of esters is 2. The molecule has 1 saturated heterocycles. The number of thioether (sulfide) groups is 1. The molecule has 3 rings (SSSR count). The second-order valence-corrected chi connectivity index (χ2v) is 8.21. The normalized spacial score (nSPS) is 20.3. The molecule has 3 atom stereocenters. The van der Waals surface area contributed by atoms with Crippen LogP contribution in [0.3, 0.4) is 0 Å². The Balaban J connectivity index is 1.80. The van der Waals surface area contributed by atoms with Gasteiger partial charge in [0, 0.05) is 25.2 Å². The molecule has 0 saturated carbocycles. The Kier molecular flexibility index (Phi) is 8.01. The summed E-state index contributed by atoms with van der Waals surface area (Å²) in [6.07, 6.45) is -0.976. The van der Waals surface area contributed by atoms with E-state index in [1.807, 2.05) is 0 Å². The fourth-order valence-corrected chi connectivity index (χ4v) is 4.65. The molecule has 1 fully saturated rings. The minimum atomic E-state index is -1.24. The van der Waals surface area contributed by atoms with E-state index in [1.54, 1.807) is 6.07 Å². The predicted octanol–water partition coefficient (Wildman–Crippen LogP) is -0.168. The van der Waals surface area contributed by atoms with E-state index in [4.69, 9.17) is 29.2 Å². The molecular formula is C20H22N4O10S. The van der Waals surface area contributed by atoms with Crippen LogP contribution in [0.4, 0.5) is 4.79 Å². The number of nitrogens with one attached hydrogen (secondary N) is 1. The van der Waals surface area contributed by atoms with Gasteiger partial charge in [0.05, 0.1) is 6.26 Å². The van der Waals surface area contributed by atoms with Crippen molar-refractivity contribution in [3.05, 3.63) is 35.4 Å². The van der Waals surface area contributed by atoms with Crippen LogP contribution in [0.1, 0.15) is 19.6 Å². The molecule has 0 bridgehead atoms. The van der Waals surface area contributed by atoms with Gasteiger partial charge in [-0.25, -0.2) is 9.59 Å². The number of β-lactam (4-membered cyclic amide) rings is 1. The van der Waals surface area contributed by atoms with Crippen LogP contribution in [-0.2, 0) is 38.2 Å². The number of carbonyl (C=O) groups excluding carboxylic acids is 5. The van der Waals surface area contributed by atoms with Crippen LogP contribution in [0.25, 0.3) is 0 Å². The third-order valence-corrected chi connectivity index (χ3v) is 6.01. The van der Waals surface area contributed by atoms with Crippen molar-refractivity contribution >= 4 is 47.3 Å². The fraction of sp³-hybridized carbons (Fsp3) is 0.400. The lowest BCUT2D eigenvalue weighted by molar-refractivity contribution is -0.182. The van der Waals surface area contributed by atoms with Gasteiger partial charge in [0.25, 0.3) is 11.8 Å². The highest BCUT2D eigenvalue weighted by Crippen LogP contribution is 2.41. The Morgan fingerprint density at radius 1 is 1.34 bits per heavy atom. The lowest BCUT2D eigenvalue weighted by atomic mass is 10.0. The molecule has 1 unspecified atom stereocenters. The molecule has 2 aliphatic heterocycles. The molecule has 15 heteroatoms. The quantitative estimate of drug-likeness (QED) is 0.147. The van der Waals surface area contributed by atoms with Crippen LogP contribution < -0.4 is 11.1 Å². The third-order valence-electron chi connectivity index (χ3n) is 4.67. The predicted molar refractivity (Wildman–Crippen MR) is 117 cm³/mol. The van der Waals surface area contributed by atoms with Gasteiger partial charge in [-0.1, -0.05) is 5.16 Å². The highest BCUT2D eigenvalue weighted by atomic mass is 32.2. The standard InChI is InChI=1S/C20H22N4O10S/c1-9(25)33-10(2)34-19(28)15-11(7-32-20(21)29)8-35-18-14(17(27)24(15)18)22-16(26)13(23-30-3)12-5-4-6-31-12/h4-6,10,14,18H,7-8H2,1-3H3,(H2,21,29)(H,22,26)/t10-,14?,18+/m0/s1. The maximum Gasteiger partial charge on any atom is 0.404 e. The van der Waals surface area contributed by atoms with Crippen molar-refractivity contribution in [3.63, 3.8) is 0 Å². The first kappa shape index (κ1) is 25.6. The van der Waals surface area contributed by atoms with Crippen LogP contribution in [-0.4, -0.2) is 77.6 Å². The molecule has 1 aromatic heterocycles. The van der Waals surface area contributed by atoms with Crippen molar-refractivity contribution in [2.45, 2.75) is 31.6 Å². The van der Waals surface area contributed by atoms with Gasteiger partial charge < -0.3 is 34.5 Å². The number of hydrogen-bond donors (Lipinski definition) is 2. The summed E-state index contributed by atoms with van der Waals surface area (Å²) in [5.74, 6) is -2.75. The Morgan fingerprint density at radius 3 is 2.69 bits per heavy atom. The average molecular weight is 510 g/mol. The number of nitrogens with zero attached hydrogens (tertiary/aromatic N) is 2. The molecule has 0 aromatic carbocycles. The highest BCUT2D eigenvalue weighted by molar-refractivity contribution is 8.00. The Labute approximate surface area is 202 Å². The first-order valence-corrected chi connectivity index (χ1v) is 11.1. The largest absolute Gasteiger partial charge is 0.462 e. The molecule has 1 aromatic rings. The molecule has 0 radical (unpaired) electrons. The Morgan fingerprint density at radius 2 is 2.09 bits per heavy atom. The number of nitrogens with two attached hydrogens (primary N) is 1. The Bertz CT molecular complexity index is 1080. The number of amides is 3. The minimum Gasteiger partial charge on any atom is -0.462 e. The molecule has 14 nitrogen and oxygen atoms in total. The van der Waals surface area contributed by atoms with E-state index in [2.05, 4.69) is 10.5 Å². The summed E-state index contributed by atoms with van der Waals surface area (Å²) < 4.78 is 19.9. The van der Waals surface area contributed by atoms with Gasteiger partial charge in [-0.15, -0.1) is 11.8 Å². The molecular weight excluding hydrogens is 488 g/mol. The number of rotatable bonds is 9. The first-order valence-electron chi connectivity index (χ1n) is 10.1. The SMILES string of the molecule is CON=C(C(=O)NC1C(=O)N2C(C(=O)O[C@@H](C)OC(C)=O)=C(COC(N)=O)CS[C@H]12)c1ccco1. The number of furan rings is 1. The number of oxime groups is 1. The highest BCUT2D eigenvalue weighted by Gasteiger charge is 2.55. The van der Waals surface area contributed by atoms with Crippen molar-refractivity contribution < 1.29 is 47.4 Å². The van der Waals surface area contributed by atoms with Crippen molar-refractivity contribution in [2.24, 2.45) is 10.9 Å². The van der Waals surface area contributed by atoms with Crippen molar-refractivity contribution in [2.75, 3.05) is 19.5 Å². The molecule has 2 aliphatic rings. The summed E-state index contributed by atoms with van der Waals surface area (Å²) in [6, 6.07) is 2.03. The lowest BCUT2D eigenvalue weighted by Gasteiger charge is -2.49. The molecule has 0 aliphatic carbocycles. The molecule has 3 heterocycles. The summed E-state index contributed by atoms with van der Waals surface area (Å²) in [7, 11) is 1.25. The second kappa shape index (κ2) is 10.9. The van der Waals surface area contributed by atoms with Gasteiger partial charge in [0.15, 0.2) is 5.76 Å². The summed E-state index contributed by atoms with van der Waals surface area (Å²) >= 11 is 1.21. The maximum absolute atomic E-state index is 13.0. The molecule has 3 amide bonds. The van der Waals surface area contributed by atoms with Crippen molar-refractivity contribution in [1.82, 2.24) is 10.2 Å². The molecule has 3 N–H and O–H groups in total. The van der Waals surface area contributed by atoms with E-state index in [-0.39, 0.29) is 35.1 Å². The molecule has 0 spiro atoms. The van der Waals surface area contributed by atoms with E-state index in [0.717, 1.165) is 11.8 Å². The van der Waals surface area contributed by atoms with Crippen LogP contribution in [0.5, 0.6) is 0 Å². The summed E-state index contributed by atoms with van der Waals surface area (Å²) in [6.45, 7) is 2.09. The van der Waals surface area contributed by atoms with Crippen LogP contribution in [0.15, 0.2) is 39.2 Å².